The van der Waals surface area contributed by atoms with Crippen molar-refractivity contribution in [2.24, 2.45) is 0 Å². The average Bonchev–Trinajstić information content (AvgIpc) is 2.72. The molecule has 0 spiro atoms. The number of hydrogen-bond donors (Lipinski definition) is 3. The lowest BCUT2D eigenvalue weighted by atomic mass is 10.2. The van der Waals surface area contributed by atoms with Gasteiger partial charge in [-0.2, -0.15) is 10.1 Å². The number of nitrogen functional groups attached to an aromatic ring is 1. The van der Waals surface area contributed by atoms with E-state index < -0.39 is 18.9 Å². The predicted octanol–water partition coefficient (Wildman–Crippen LogP) is 0.805. The van der Waals surface area contributed by atoms with E-state index in [1.54, 1.807) is 6.08 Å². The lowest BCUT2D eigenvalue weighted by Crippen LogP contribution is -2.30. The van der Waals surface area contributed by atoms with Crippen LogP contribution < -0.4 is 11.1 Å². The number of thioether (sulfide) groups is 1. The SMILES string of the molecule is Nc1nc2c3c([nH]nc3n1)C=C(C(=O)NCC(F)F)CS2. The van der Waals surface area contributed by atoms with E-state index >= 15 is 0 Å². The smallest absolute Gasteiger partial charge is 0.255 e. The van der Waals surface area contributed by atoms with Crippen LogP contribution in [-0.2, 0) is 4.79 Å². The third-order valence-electron chi connectivity index (χ3n) is 2.82. The molecule has 0 unspecified atom stereocenters. The summed E-state index contributed by atoms with van der Waals surface area (Å²) in [4.78, 5) is 20.0. The number of H-pyrrole nitrogens is 1. The van der Waals surface area contributed by atoms with Crippen LogP contribution in [0.3, 0.4) is 0 Å². The number of anilines is 1. The van der Waals surface area contributed by atoms with E-state index in [1.807, 2.05) is 0 Å². The highest BCUT2D eigenvalue weighted by molar-refractivity contribution is 7.99. The van der Waals surface area contributed by atoms with E-state index in [2.05, 4.69) is 25.5 Å². The first-order valence-electron chi connectivity index (χ1n) is 5.96. The van der Waals surface area contributed by atoms with Crippen molar-refractivity contribution >= 4 is 40.7 Å². The number of hydrogen-bond acceptors (Lipinski definition) is 6. The molecular weight excluding hydrogens is 302 g/mol. The van der Waals surface area contributed by atoms with E-state index in [0.29, 0.717) is 33.1 Å². The molecule has 0 atom stereocenters. The van der Waals surface area contributed by atoms with Crippen molar-refractivity contribution in [2.75, 3.05) is 18.0 Å². The summed E-state index contributed by atoms with van der Waals surface area (Å²) >= 11 is 1.28. The maximum atomic E-state index is 12.1. The lowest BCUT2D eigenvalue weighted by molar-refractivity contribution is -0.117. The Bertz CT molecular complexity index is 744. The van der Waals surface area contributed by atoms with Gasteiger partial charge >= 0.3 is 0 Å². The summed E-state index contributed by atoms with van der Waals surface area (Å²) in [7, 11) is 0. The van der Waals surface area contributed by atoms with Crippen LogP contribution in [-0.4, -0.2) is 44.8 Å². The van der Waals surface area contributed by atoms with Crippen LogP contribution in [0.4, 0.5) is 14.7 Å². The fourth-order valence-electron chi connectivity index (χ4n) is 1.92. The number of rotatable bonds is 3. The molecule has 2 aromatic rings. The Balaban J connectivity index is 1.94. The molecule has 1 aliphatic rings. The largest absolute Gasteiger partial charge is 0.368 e. The third kappa shape index (κ3) is 2.66. The topological polar surface area (TPSA) is 110 Å². The number of alkyl halides is 2. The molecule has 21 heavy (non-hydrogen) atoms. The third-order valence-corrected chi connectivity index (χ3v) is 3.84. The quantitative estimate of drug-likeness (QED) is 0.723. The molecule has 0 bridgehead atoms. The van der Waals surface area contributed by atoms with Gasteiger partial charge in [0.2, 0.25) is 11.9 Å². The maximum absolute atomic E-state index is 12.1. The normalized spacial score (nSPS) is 14.1. The molecule has 7 nitrogen and oxygen atoms in total. The Kier molecular flexibility index (Phi) is 3.45. The summed E-state index contributed by atoms with van der Waals surface area (Å²) in [5, 5.41) is 10.2. The summed E-state index contributed by atoms with van der Waals surface area (Å²) < 4.78 is 24.3. The second-order valence-corrected chi connectivity index (χ2v) is 5.25. The molecule has 4 N–H and O–H groups in total. The summed E-state index contributed by atoms with van der Waals surface area (Å²) in [6.45, 7) is -0.682. The zero-order valence-corrected chi connectivity index (χ0v) is 11.4. The highest BCUT2D eigenvalue weighted by Gasteiger charge is 2.21. The lowest BCUT2D eigenvalue weighted by Gasteiger charge is -2.06. The van der Waals surface area contributed by atoms with Crippen LogP contribution in [0, 0.1) is 0 Å². The fraction of sp³-hybridized carbons (Fsp3) is 0.273. The summed E-state index contributed by atoms with van der Waals surface area (Å²) in [6.07, 6.45) is -1.02. The monoisotopic (exact) mass is 312 g/mol. The number of aromatic amines is 1. The van der Waals surface area contributed by atoms with Crippen molar-refractivity contribution in [3.05, 3.63) is 11.3 Å². The summed E-state index contributed by atoms with van der Waals surface area (Å²) in [5.74, 6) is -0.156. The molecule has 110 valence electrons. The van der Waals surface area contributed by atoms with Gasteiger partial charge in [-0.1, -0.05) is 0 Å². The van der Waals surface area contributed by atoms with E-state index in [-0.39, 0.29) is 5.95 Å². The number of carbonyl (C=O) groups excluding carboxylic acids is 1. The molecule has 2 aromatic heterocycles. The van der Waals surface area contributed by atoms with Crippen molar-refractivity contribution in [1.29, 1.82) is 0 Å². The molecular formula is C11H10F2N6OS. The minimum absolute atomic E-state index is 0.0913. The van der Waals surface area contributed by atoms with Gasteiger partial charge in [-0.3, -0.25) is 9.89 Å². The highest BCUT2D eigenvalue weighted by atomic mass is 32.2. The molecule has 10 heteroatoms. The average molecular weight is 312 g/mol. The molecule has 1 aliphatic heterocycles. The molecule has 1 amide bonds. The Hall–Kier alpha value is -2.23. The minimum atomic E-state index is -2.59. The molecule has 0 aromatic carbocycles. The van der Waals surface area contributed by atoms with Gasteiger partial charge in [0, 0.05) is 11.3 Å². The molecule has 3 rings (SSSR count). The first-order valence-corrected chi connectivity index (χ1v) is 6.94. The first kappa shape index (κ1) is 13.7. The molecule has 0 fully saturated rings. The van der Waals surface area contributed by atoms with Gasteiger partial charge in [-0.05, 0) is 6.08 Å². The minimum Gasteiger partial charge on any atom is -0.368 e. The summed E-state index contributed by atoms with van der Waals surface area (Å²) in [5.41, 5.74) is 6.91. The van der Waals surface area contributed by atoms with Gasteiger partial charge in [-0.15, -0.1) is 11.8 Å². The van der Waals surface area contributed by atoms with E-state index in [0.717, 1.165) is 0 Å². The molecule has 3 heterocycles. The maximum Gasteiger partial charge on any atom is 0.255 e. The van der Waals surface area contributed by atoms with Crippen LogP contribution >= 0.6 is 11.8 Å². The first-order chi connectivity index (χ1) is 10.0. The molecule has 0 aliphatic carbocycles. The van der Waals surface area contributed by atoms with Crippen molar-refractivity contribution in [1.82, 2.24) is 25.5 Å². The number of carbonyl (C=O) groups is 1. The number of aromatic nitrogens is 4. The van der Waals surface area contributed by atoms with Gasteiger partial charge in [-0.25, -0.2) is 13.8 Å². The van der Waals surface area contributed by atoms with Crippen LogP contribution in [0.25, 0.3) is 17.1 Å². The van der Waals surface area contributed by atoms with Crippen LogP contribution in [0.2, 0.25) is 0 Å². The van der Waals surface area contributed by atoms with Crippen molar-refractivity contribution < 1.29 is 13.6 Å². The standard InChI is InChI=1S/C11H10F2N6OS/c12-6(13)2-15-9(20)4-1-5-7-8(19-18-5)16-11(14)17-10(7)21-3-4/h1,6H,2-3H2,(H,15,20)(H3,14,16,17,18,19). The van der Waals surface area contributed by atoms with Crippen LogP contribution in [0.15, 0.2) is 10.6 Å². The van der Waals surface area contributed by atoms with Crippen LogP contribution in [0.5, 0.6) is 0 Å². The Morgan fingerprint density at radius 2 is 2.33 bits per heavy atom. The van der Waals surface area contributed by atoms with Gasteiger partial charge in [0.05, 0.1) is 17.6 Å². The zero-order valence-electron chi connectivity index (χ0n) is 10.6. The summed E-state index contributed by atoms with van der Waals surface area (Å²) in [6, 6.07) is 0. The van der Waals surface area contributed by atoms with Crippen molar-refractivity contribution in [3.63, 3.8) is 0 Å². The van der Waals surface area contributed by atoms with Gasteiger partial charge in [0.15, 0.2) is 5.65 Å². The number of nitrogens with zero attached hydrogens (tertiary/aromatic N) is 3. The van der Waals surface area contributed by atoms with Crippen LogP contribution in [0.1, 0.15) is 5.69 Å². The molecule has 0 saturated carbocycles. The van der Waals surface area contributed by atoms with E-state index in [4.69, 9.17) is 5.73 Å². The Labute approximate surface area is 121 Å². The van der Waals surface area contributed by atoms with E-state index in [9.17, 15) is 13.6 Å². The zero-order chi connectivity index (χ0) is 15.0. The van der Waals surface area contributed by atoms with Gasteiger partial charge < -0.3 is 11.1 Å². The van der Waals surface area contributed by atoms with Crippen molar-refractivity contribution in [3.8, 4) is 0 Å². The fourth-order valence-corrected chi connectivity index (χ4v) is 2.93. The highest BCUT2D eigenvalue weighted by Crippen LogP contribution is 2.33. The Morgan fingerprint density at radius 3 is 3.10 bits per heavy atom. The molecule has 0 radical (unpaired) electrons. The number of amides is 1. The van der Waals surface area contributed by atoms with Gasteiger partial charge in [0.1, 0.15) is 5.03 Å². The number of halogens is 2. The number of nitrogens with one attached hydrogen (secondary N) is 2. The molecule has 0 saturated heterocycles. The Morgan fingerprint density at radius 1 is 1.52 bits per heavy atom. The second kappa shape index (κ2) is 5.28. The van der Waals surface area contributed by atoms with Gasteiger partial charge in [0.25, 0.3) is 6.43 Å². The number of nitrogens with two attached hydrogens (primary N) is 1. The second-order valence-electron chi connectivity index (χ2n) is 4.28. The van der Waals surface area contributed by atoms with Crippen molar-refractivity contribution in [2.45, 2.75) is 11.5 Å². The predicted molar refractivity (Wildman–Crippen MR) is 73.8 cm³/mol. The van der Waals surface area contributed by atoms with E-state index in [1.165, 1.54) is 11.8 Å².